The summed E-state index contributed by atoms with van der Waals surface area (Å²) in [4.78, 5) is 49.0. The van der Waals surface area contributed by atoms with Gasteiger partial charge in [-0.05, 0) is 74.3 Å². The maximum absolute atomic E-state index is 14.0. The molecule has 4 aliphatic rings. The lowest BCUT2D eigenvalue weighted by Crippen LogP contribution is -2.54. The number of hydrogen-bond acceptors (Lipinski definition) is 6. The minimum absolute atomic E-state index is 0.00603. The van der Waals surface area contributed by atoms with Crippen LogP contribution in [0.1, 0.15) is 47.9 Å². The number of urea groups is 1. The van der Waals surface area contributed by atoms with Crippen LogP contribution >= 0.6 is 0 Å². The number of hydrogen-bond donors (Lipinski definition) is 2. The highest BCUT2D eigenvalue weighted by Gasteiger charge is 2.35. The summed E-state index contributed by atoms with van der Waals surface area (Å²) in [6, 6.07) is 12.2. The number of nitrogens with zero attached hydrogens (tertiary/aromatic N) is 4. The lowest BCUT2D eigenvalue weighted by atomic mass is 9.91. The molecule has 0 aliphatic carbocycles. The molecule has 4 amide bonds. The fourth-order valence-electron chi connectivity index (χ4n) is 7.58. The number of aromatic hydroxyl groups is 1. The Morgan fingerprint density at radius 2 is 1.64 bits per heavy atom. The van der Waals surface area contributed by atoms with E-state index in [0.717, 1.165) is 79.9 Å². The van der Waals surface area contributed by atoms with E-state index in [1.165, 1.54) is 0 Å². The van der Waals surface area contributed by atoms with Crippen molar-refractivity contribution in [1.82, 2.24) is 19.6 Å². The Kier molecular flexibility index (Phi) is 9.61. The third kappa shape index (κ3) is 7.12. The number of rotatable bonds is 7. The van der Waals surface area contributed by atoms with Crippen LogP contribution < -0.4 is 5.32 Å². The maximum atomic E-state index is 14.0. The molecule has 0 bridgehead atoms. The lowest BCUT2D eigenvalue weighted by molar-refractivity contribution is -0.143. The van der Waals surface area contributed by atoms with E-state index in [2.05, 4.69) is 16.3 Å². The Labute approximate surface area is 266 Å². The number of ether oxygens (including phenoxy) is 1. The second-order valence-electron chi connectivity index (χ2n) is 13.2. The number of phenols is 1. The van der Waals surface area contributed by atoms with Crippen LogP contribution in [0.4, 0.5) is 10.5 Å². The first-order valence-electron chi connectivity index (χ1n) is 16.6. The van der Waals surface area contributed by atoms with Gasteiger partial charge >= 0.3 is 6.03 Å². The zero-order valence-corrected chi connectivity index (χ0v) is 26.7. The van der Waals surface area contributed by atoms with Crippen molar-refractivity contribution in [3.05, 3.63) is 58.7 Å². The van der Waals surface area contributed by atoms with Crippen LogP contribution in [-0.4, -0.2) is 114 Å². The quantitative estimate of drug-likeness (QED) is 0.492. The number of piperazine rings is 1. The van der Waals surface area contributed by atoms with E-state index in [-0.39, 0.29) is 36.1 Å². The van der Waals surface area contributed by atoms with Crippen molar-refractivity contribution in [3.63, 3.8) is 0 Å². The molecule has 10 nitrogen and oxygen atoms in total. The number of likely N-dealkylation sites (tertiary alicyclic amines) is 1. The van der Waals surface area contributed by atoms with Crippen LogP contribution in [-0.2, 0) is 27.2 Å². The van der Waals surface area contributed by atoms with Crippen LogP contribution in [0, 0.1) is 19.8 Å². The molecule has 2 N–H and O–H groups in total. The van der Waals surface area contributed by atoms with E-state index in [9.17, 15) is 19.5 Å². The number of anilines is 1. The number of amides is 4. The van der Waals surface area contributed by atoms with Gasteiger partial charge in [0, 0.05) is 76.6 Å². The highest BCUT2D eigenvalue weighted by molar-refractivity contribution is 5.91. The van der Waals surface area contributed by atoms with Gasteiger partial charge in [0.15, 0.2) is 0 Å². The first kappa shape index (κ1) is 31.4. The fraction of sp³-hybridized carbons (Fsp3) is 0.571. The normalized spacial score (nSPS) is 22.1. The van der Waals surface area contributed by atoms with Crippen molar-refractivity contribution < 1.29 is 24.2 Å². The molecule has 6 rings (SSSR count). The van der Waals surface area contributed by atoms with Crippen LogP contribution in [0.25, 0.3) is 0 Å². The second-order valence-corrected chi connectivity index (χ2v) is 13.2. The second kappa shape index (κ2) is 13.8. The number of aryl methyl sites for hydroxylation is 2. The summed E-state index contributed by atoms with van der Waals surface area (Å²) >= 11 is 0. The van der Waals surface area contributed by atoms with Crippen molar-refractivity contribution in [1.29, 1.82) is 0 Å². The molecule has 2 aromatic carbocycles. The fourth-order valence-corrected chi connectivity index (χ4v) is 7.58. The molecular formula is C35H47N5O5. The Hall–Kier alpha value is -3.63. The van der Waals surface area contributed by atoms with Gasteiger partial charge in [-0.15, -0.1) is 0 Å². The first-order chi connectivity index (χ1) is 21.8. The van der Waals surface area contributed by atoms with Gasteiger partial charge in [-0.1, -0.05) is 30.3 Å². The standard InChI is InChI=1S/C35H47N5O5/c1-24-19-26(20-25(2)33(24)42)21-28(34(43)39-16-14-37(15-17-39)30-10-18-45-23-30)22-32(41)38-11-8-29(9-12-38)40-13-7-27-5-3-4-6-31(27)36-35(40)44/h3-6,19-20,28-30,42H,7-18,21-23H2,1-2H3,(H,36,44)/t28-,30?/m0/s1. The molecule has 4 aliphatic heterocycles. The molecule has 1 unspecified atom stereocenters. The highest BCUT2D eigenvalue weighted by Crippen LogP contribution is 2.28. The molecular weight excluding hydrogens is 570 g/mol. The minimum Gasteiger partial charge on any atom is -0.507 e. The van der Waals surface area contributed by atoms with Crippen LogP contribution in [0.15, 0.2) is 36.4 Å². The maximum Gasteiger partial charge on any atom is 0.322 e. The number of benzene rings is 2. The van der Waals surface area contributed by atoms with Gasteiger partial charge in [0.1, 0.15) is 5.75 Å². The molecule has 3 saturated heterocycles. The Morgan fingerprint density at radius 1 is 0.933 bits per heavy atom. The van der Waals surface area contributed by atoms with Gasteiger partial charge in [0.05, 0.1) is 12.5 Å². The van der Waals surface area contributed by atoms with E-state index in [0.29, 0.717) is 45.2 Å². The topological polar surface area (TPSA) is 106 Å². The lowest BCUT2D eigenvalue weighted by Gasteiger charge is -2.40. The minimum atomic E-state index is -0.477. The summed E-state index contributed by atoms with van der Waals surface area (Å²) < 4.78 is 5.58. The number of piperidine rings is 1. The average Bonchev–Trinajstić information content (AvgIpc) is 3.53. The van der Waals surface area contributed by atoms with E-state index in [1.807, 2.05) is 58.9 Å². The average molecular weight is 618 g/mol. The van der Waals surface area contributed by atoms with Gasteiger partial charge in [-0.25, -0.2) is 4.79 Å². The Balaban J connectivity index is 1.09. The number of phenolic OH excluding ortho intramolecular Hbond substituents is 1. The smallest absolute Gasteiger partial charge is 0.322 e. The third-order valence-corrected chi connectivity index (χ3v) is 10.3. The summed E-state index contributed by atoms with van der Waals surface area (Å²) in [5.41, 5.74) is 4.53. The van der Waals surface area contributed by atoms with Crippen molar-refractivity contribution in [2.75, 3.05) is 64.3 Å². The third-order valence-electron chi connectivity index (χ3n) is 10.3. The molecule has 4 heterocycles. The summed E-state index contributed by atoms with van der Waals surface area (Å²) in [7, 11) is 0. The molecule has 2 atom stereocenters. The molecule has 0 spiro atoms. The van der Waals surface area contributed by atoms with E-state index < -0.39 is 5.92 Å². The van der Waals surface area contributed by atoms with Gasteiger partial charge in [-0.3, -0.25) is 14.5 Å². The largest absolute Gasteiger partial charge is 0.507 e. The van der Waals surface area contributed by atoms with E-state index in [1.54, 1.807) is 0 Å². The molecule has 10 heteroatoms. The number of carbonyl (C=O) groups is 3. The van der Waals surface area contributed by atoms with Crippen LogP contribution in [0.5, 0.6) is 5.75 Å². The van der Waals surface area contributed by atoms with Gasteiger partial charge in [0.2, 0.25) is 11.8 Å². The Morgan fingerprint density at radius 3 is 2.33 bits per heavy atom. The summed E-state index contributed by atoms with van der Waals surface area (Å²) in [5.74, 6) is -0.178. The molecule has 2 aromatic rings. The number of para-hydroxylation sites is 1. The zero-order chi connectivity index (χ0) is 31.5. The van der Waals surface area contributed by atoms with Gasteiger partial charge in [-0.2, -0.15) is 0 Å². The SMILES string of the molecule is Cc1cc(C[C@@H](CC(=O)N2CCC(N3CCc4ccccc4NC3=O)CC2)C(=O)N2CCN(C3CCOC3)CC2)cc(C)c1O. The summed E-state index contributed by atoms with van der Waals surface area (Å²) in [6.07, 6.45) is 3.88. The first-order valence-corrected chi connectivity index (χ1v) is 16.6. The Bertz CT molecular complexity index is 1370. The molecule has 0 radical (unpaired) electrons. The van der Waals surface area contributed by atoms with E-state index >= 15 is 0 Å². The van der Waals surface area contributed by atoms with E-state index in [4.69, 9.17) is 4.74 Å². The van der Waals surface area contributed by atoms with Crippen molar-refractivity contribution in [2.45, 2.75) is 64.5 Å². The van der Waals surface area contributed by atoms with Crippen molar-refractivity contribution in [2.24, 2.45) is 5.92 Å². The van der Waals surface area contributed by atoms with Gasteiger partial charge < -0.3 is 29.9 Å². The zero-order valence-electron chi connectivity index (χ0n) is 26.7. The summed E-state index contributed by atoms with van der Waals surface area (Å²) in [6.45, 7) is 10.0. The number of carbonyl (C=O) groups excluding carboxylic acids is 3. The summed E-state index contributed by atoms with van der Waals surface area (Å²) in [5, 5.41) is 13.4. The molecule has 45 heavy (non-hydrogen) atoms. The van der Waals surface area contributed by atoms with Crippen molar-refractivity contribution in [3.8, 4) is 5.75 Å². The molecule has 242 valence electrons. The molecule has 3 fully saturated rings. The van der Waals surface area contributed by atoms with Crippen molar-refractivity contribution >= 4 is 23.5 Å². The van der Waals surface area contributed by atoms with Crippen LogP contribution in [0.3, 0.4) is 0 Å². The predicted molar refractivity (Wildman–Crippen MR) is 172 cm³/mol. The highest BCUT2D eigenvalue weighted by atomic mass is 16.5. The van der Waals surface area contributed by atoms with Gasteiger partial charge in [0.25, 0.3) is 0 Å². The predicted octanol–water partition coefficient (Wildman–Crippen LogP) is 3.57. The van der Waals surface area contributed by atoms with Crippen LogP contribution in [0.2, 0.25) is 0 Å². The molecule has 0 saturated carbocycles. The molecule has 0 aromatic heterocycles. The number of nitrogens with one attached hydrogen (secondary N) is 1. The monoisotopic (exact) mass is 617 g/mol. The number of fused-ring (bicyclic) bond motifs is 1.